The van der Waals surface area contributed by atoms with Crippen molar-refractivity contribution >= 4 is 39.1 Å². The van der Waals surface area contributed by atoms with Crippen LogP contribution in [0.5, 0.6) is 0 Å². The number of aromatic nitrogens is 2. The van der Waals surface area contributed by atoms with Crippen molar-refractivity contribution in [2.45, 2.75) is 11.8 Å². The second-order valence-corrected chi connectivity index (χ2v) is 7.92. The summed E-state index contributed by atoms with van der Waals surface area (Å²) in [7, 11) is -4.24. The molecule has 0 saturated heterocycles. The molecule has 0 aliphatic carbocycles. The number of halogens is 2. The van der Waals surface area contributed by atoms with Crippen LogP contribution in [0.4, 0.5) is 0 Å². The Balaban J connectivity index is 1.85. The summed E-state index contributed by atoms with van der Waals surface area (Å²) in [4.78, 5) is 15.9. The number of aryl methyl sites for hydroxylation is 1. The zero-order valence-electron chi connectivity index (χ0n) is 13.5. The fourth-order valence-electron chi connectivity index (χ4n) is 2.26. The molecule has 2 aromatic carbocycles. The maximum absolute atomic E-state index is 12.4. The van der Waals surface area contributed by atoms with Gasteiger partial charge in [-0.25, -0.2) is 18.1 Å². The topological polar surface area (TPSA) is 81.1 Å². The van der Waals surface area contributed by atoms with E-state index in [2.05, 4.69) is 4.98 Å². The van der Waals surface area contributed by atoms with Crippen LogP contribution in [0.3, 0.4) is 0 Å². The van der Waals surface area contributed by atoms with E-state index in [0.717, 1.165) is 11.3 Å². The first-order valence-electron chi connectivity index (χ1n) is 7.40. The minimum atomic E-state index is -4.24. The minimum absolute atomic E-state index is 0.0580. The maximum atomic E-state index is 12.4. The van der Waals surface area contributed by atoms with Gasteiger partial charge < -0.3 is 4.57 Å². The first-order valence-corrected chi connectivity index (χ1v) is 9.64. The summed E-state index contributed by atoms with van der Waals surface area (Å²) in [6, 6.07) is 11.8. The van der Waals surface area contributed by atoms with Gasteiger partial charge in [-0.3, -0.25) is 4.79 Å². The number of rotatable bonds is 4. The number of hydrogen-bond acceptors (Lipinski definition) is 4. The summed E-state index contributed by atoms with van der Waals surface area (Å²) in [6.07, 6.45) is 2.86. The lowest BCUT2D eigenvalue weighted by Crippen LogP contribution is -2.31. The monoisotopic (exact) mass is 409 g/mol. The predicted molar refractivity (Wildman–Crippen MR) is 99.4 cm³/mol. The lowest BCUT2D eigenvalue weighted by atomic mass is 10.2. The average molecular weight is 410 g/mol. The highest BCUT2D eigenvalue weighted by molar-refractivity contribution is 7.90. The molecule has 0 atom stereocenters. The first-order chi connectivity index (χ1) is 12.3. The van der Waals surface area contributed by atoms with Crippen LogP contribution < -0.4 is 4.72 Å². The highest BCUT2D eigenvalue weighted by Gasteiger charge is 2.25. The smallest absolute Gasteiger partial charge is 0.285 e. The Morgan fingerprint density at radius 1 is 1.08 bits per heavy atom. The van der Waals surface area contributed by atoms with Crippen LogP contribution in [0.25, 0.3) is 5.69 Å². The number of carbonyl (C=O) groups is 1. The molecule has 3 rings (SSSR count). The molecule has 0 bridgehead atoms. The zero-order chi connectivity index (χ0) is 18.9. The van der Waals surface area contributed by atoms with E-state index in [0.29, 0.717) is 0 Å². The molecule has 134 valence electrons. The summed E-state index contributed by atoms with van der Waals surface area (Å²) in [5.74, 6) is -0.883. The molecule has 0 fully saturated rings. The number of imidazole rings is 1. The van der Waals surface area contributed by atoms with Crippen LogP contribution >= 0.6 is 23.2 Å². The van der Waals surface area contributed by atoms with Crippen molar-refractivity contribution in [1.29, 1.82) is 0 Å². The molecule has 3 aromatic rings. The molecule has 0 aliphatic heterocycles. The van der Waals surface area contributed by atoms with Gasteiger partial charge in [0.05, 0.1) is 10.0 Å². The Labute approximate surface area is 160 Å². The molecule has 6 nitrogen and oxygen atoms in total. The fourth-order valence-corrected chi connectivity index (χ4v) is 4.37. The predicted octanol–water partition coefficient (Wildman–Crippen LogP) is 3.61. The van der Waals surface area contributed by atoms with Gasteiger partial charge >= 0.3 is 0 Å². The summed E-state index contributed by atoms with van der Waals surface area (Å²) in [5.41, 5.74) is 1.83. The van der Waals surface area contributed by atoms with Gasteiger partial charge in [-0.2, -0.15) is 0 Å². The molecule has 1 aromatic heterocycles. The third-order valence-electron chi connectivity index (χ3n) is 3.56. The second kappa shape index (κ2) is 7.11. The van der Waals surface area contributed by atoms with E-state index in [1.165, 1.54) is 30.7 Å². The van der Waals surface area contributed by atoms with Crippen LogP contribution in [-0.2, 0) is 10.0 Å². The molecule has 1 amide bonds. The van der Waals surface area contributed by atoms with Crippen molar-refractivity contribution in [2.75, 3.05) is 0 Å². The quantitative estimate of drug-likeness (QED) is 0.713. The standard InChI is InChI=1S/C17H13Cl2N3O3S/c1-11-5-7-12(8-6-11)22-9-15(20-10-22)17(23)21-26(24,25)16-13(18)3-2-4-14(16)19/h2-10H,1H3,(H,21,23). The van der Waals surface area contributed by atoms with Gasteiger partial charge in [0.25, 0.3) is 15.9 Å². The van der Waals surface area contributed by atoms with E-state index in [9.17, 15) is 13.2 Å². The number of hydrogen-bond donors (Lipinski definition) is 1. The molecule has 26 heavy (non-hydrogen) atoms. The van der Waals surface area contributed by atoms with Gasteiger partial charge in [-0.1, -0.05) is 47.0 Å². The summed E-state index contributed by atoms with van der Waals surface area (Å²) in [5, 5.41) is -0.161. The Kier molecular flexibility index (Phi) is 5.04. The second-order valence-electron chi connectivity index (χ2n) is 5.49. The van der Waals surface area contributed by atoms with Gasteiger partial charge in [-0.15, -0.1) is 0 Å². The van der Waals surface area contributed by atoms with Gasteiger partial charge in [0, 0.05) is 11.9 Å². The molecule has 0 aliphatic rings. The van der Waals surface area contributed by atoms with Gasteiger partial charge in [0.2, 0.25) is 0 Å². The highest BCUT2D eigenvalue weighted by Crippen LogP contribution is 2.28. The maximum Gasteiger partial charge on any atom is 0.285 e. The SMILES string of the molecule is Cc1ccc(-n2cnc(C(=O)NS(=O)(=O)c3c(Cl)cccc3Cl)c2)cc1. The van der Waals surface area contributed by atoms with Gasteiger partial charge in [0.15, 0.2) is 0 Å². The first kappa shape index (κ1) is 18.4. The van der Waals surface area contributed by atoms with Crippen LogP contribution in [-0.4, -0.2) is 23.9 Å². The molecular formula is C17H13Cl2N3O3S. The number of carbonyl (C=O) groups excluding carboxylic acids is 1. The molecule has 9 heteroatoms. The molecule has 0 unspecified atom stereocenters. The summed E-state index contributed by atoms with van der Waals surface area (Å²) < 4.78 is 28.4. The minimum Gasteiger partial charge on any atom is -0.305 e. The number of nitrogens with zero attached hydrogens (tertiary/aromatic N) is 2. The molecule has 0 saturated carbocycles. The van der Waals surface area contributed by atoms with Gasteiger partial charge in [-0.05, 0) is 31.2 Å². The van der Waals surface area contributed by atoms with Crippen LogP contribution in [0.15, 0.2) is 59.9 Å². The third-order valence-corrected chi connectivity index (χ3v) is 5.85. The van der Waals surface area contributed by atoms with Crippen molar-refractivity contribution in [1.82, 2.24) is 14.3 Å². The van der Waals surface area contributed by atoms with E-state index in [4.69, 9.17) is 23.2 Å². The molecular weight excluding hydrogens is 397 g/mol. The van der Waals surface area contributed by atoms with Crippen molar-refractivity contribution in [3.8, 4) is 5.69 Å². The number of sulfonamides is 1. The summed E-state index contributed by atoms with van der Waals surface area (Å²) >= 11 is 11.8. The molecule has 1 N–H and O–H groups in total. The fraction of sp³-hybridized carbons (Fsp3) is 0.0588. The lowest BCUT2D eigenvalue weighted by Gasteiger charge is -2.09. The van der Waals surface area contributed by atoms with Crippen LogP contribution in [0.2, 0.25) is 10.0 Å². The van der Waals surface area contributed by atoms with Crippen LogP contribution in [0.1, 0.15) is 16.1 Å². The third kappa shape index (κ3) is 3.75. The van der Waals surface area contributed by atoms with Crippen molar-refractivity contribution < 1.29 is 13.2 Å². The van der Waals surface area contributed by atoms with E-state index < -0.39 is 15.9 Å². The highest BCUT2D eigenvalue weighted by atomic mass is 35.5. The van der Waals surface area contributed by atoms with E-state index in [1.54, 1.807) is 4.57 Å². The number of benzene rings is 2. The summed E-state index contributed by atoms with van der Waals surface area (Å²) in [6.45, 7) is 1.96. The molecule has 0 radical (unpaired) electrons. The Morgan fingerprint density at radius 3 is 2.31 bits per heavy atom. The molecule has 0 spiro atoms. The van der Waals surface area contributed by atoms with E-state index in [1.807, 2.05) is 35.9 Å². The van der Waals surface area contributed by atoms with Crippen molar-refractivity contribution in [3.63, 3.8) is 0 Å². The largest absolute Gasteiger partial charge is 0.305 e. The number of nitrogens with one attached hydrogen (secondary N) is 1. The Morgan fingerprint density at radius 2 is 1.69 bits per heavy atom. The zero-order valence-corrected chi connectivity index (χ0v) is 15.8. The lowest BCUT2D eigenvalue weighted by molar-refractivity contribution is 0.0977. The number of amides is 1. The average Bonchev–Trinajstić information content (AvgIpc) is 3.05. The van der Waals surface area contributed by atoms with E-state index >= 15 is 0 Å². The Bertz CT molecular complexity index is 1060. The van der Waals surface area contributed by atoms with E-state index in [-0.39, 0.29) is 20.6 Å². The van der Waals surface area contributed by atoms with Crippen LogP contribution in [0, 0.1) is 6.92 Å². The van der Waals surface area contributed by atoms with Gasteiger partial charge in [0.1, 0.15) is 16.9 Å². The Hall–Kier alpha value is -2.35. The van der Waals surface area contributed by atoms with Crippen molar-refractivity contribution in [3.05, 3.63) is 76.3 Å². The normalized spacial score (nSPS) is 11.3. The molecule has 1 heterocycles. The van der Waals surface area contributed by atoms with Crippen molar-refractivity contribution in [2.24, 2.45) is 0 Å².